The molecule has 0 spiro atoms. The lowest BCUT2D eigenvalue weighted by molar-refractivity contribution is 0.318. The largest absolute Gasteiger partial charge is 0.475 e. The zero-order chi connectivity index (χ0) is 15.5. The highest BCUT2D eigenvalue weighted by Gasteiger charge is 2.25. The number of alkyl halides is 1. The molecule has 3 rings (SSSR count). The monoisotopic (exact) mass is 317 g/mol. The lowest BCUT2D eigenvalue weighted by Gasteiger charge is -2.08. The Balaban J connectivity index is 1.91. The first-order valence-electron chi connectivity index (χ1n) is 7.36. The van der Waals surface area contributed by atoms with Crippen LogP contribution in [0.4, 0.5) is 4.39 Å². The number of hydrogen-bond donors (Lipinski definition) is 0. The van der Waals surface area contributed by atoms with Gasteiger partial charge in [-0.15, -0.1) is 11.6 Å². The zero-order valence-electron chi connectivity index (χ0n) is 12.4. The summed E-state index contributed by atoms with van der Waals surface area (Å²) < 4.78 is 19.8. The summed E-state index contributed by atoms with van der Waals surface area (Å²) in [6.07, 6.45) is 0.741. The van der Waals surface area contributed by atoms with Gasteiger partial charge in [-0.05, 0) is 29.2 Å². The molecule has 1 atom stereocenters. The summed E-state index contributed by atoms with van der Waals surface area (Å²) in [5.74, 6) is 0.614. The number of benzene rings is 2. The molecule has 2 aromatic carbocycles. The second-order valence-electron chi connectivity index (χ2n) is 5.26. The average Bonchev–Trinajstić information content (AvgIpc) is 3.04. The van der Waals surface area contributed by atoms with Gasteiger partial charge in [0.15, 0.2) is 0 Å². The van der Waals surface area contributed by atoms with E-state index in [9.17, 15) is 4.39 Å². The summed E-state index contributed by atoms with van der Waals surface area (Å²) in [7, 11) is 0. The zero-order valence-corrected chi connectivity index (χ0v) is 13.1. The summed E-state index contributed by atoms with van der Waals surface area (Å²) in [5, 5.41) is 0. The van der Waals surface area contributed by atoms with Gasteiger partial charge in [0.1, 0.15) is 18.5 Å². The van der Waals surface area contributed by atoms with Crippen LogP contribution in [0.1, 0.15) is 35.2 Å². The minimum Gasteiger partial charge on any atom is -0.475 e. The summed E-state index contributed by atoms with van der Waals surface area (Å²) in [5.41, 5.74) is 3.52. The topological polar surface area (TPSA) is 21.6 Å². The predicted molar refractivity (Wildman–Crippen MR) is 87.0 cm³/mol. The van der Waals surface area contributed by atoms with Crippen LogP contribution in [0.5, 0.6) is 0 Å². The Morgan fingerprint density at radius 2 is 2.00 bits per heavy atom. The quantitative estimate of drug-likeness (QED) is 0.752. The molecule has 1 heterocycles. The summed E-state index contributed by atoms with van der Waals surface area (Å²) in [6.45, 7) is 2.43. The maximum absolute atomic E-state index is 14.1. The van der Waals surface area contributed by atoms with Gasteiger partial charge in [0.25, 0.3) is 0 Å². The van der Waals surface area contributed by atoms with Gasteiger partial charge in [0.2, 0.25) is 5.90 Å². The standard InChI is InChI=1S/C18H17ClFNO/c1-2-13-4-3-5-15(20)17(13)18-21-16(11-22-18)14-8-6-12(10-19)7-9-14/h3-9,16H,2,10-11H2,1H3. The molecule has 0 fully saturated rings. The summed E-state index contributed by atoms with van der Waals surface area (Å²) in [6, 6.07) is 12.9. The van der Waals surface area contributed by atoms with Gasteiger partial charge in [-0.2, -0.15) is 0 Å². The molecule has 114 valence electrons. The molecule has 2 nitrogen and oxygen atoms in total. The molecule has 1 aliphatic heterocycles. The summed E-state index contributed by atoms with van der Waals surface area (Å²) >= 11 is 5.80. The van der Waals surface area contributed by atoms with Crippen molar-refractivity contribution in [2.45, 2.75) is 25.3 Å². The van der Waals surface area contributed by atoms with E-state index in [1.54, 1.807) is 6.07 Å². The van der Waals surface area contributed by atoms with E-state index in [0.29, 0.717) is 23.9 Å². The lowest BCUT2D eigenvalue weighted by atomic mass is 10.0. The summed E-state index contributed by atoms with van der Waals surface area (Å²) in [4.78, 5) is 4.57. The van der Waals surface area contributed by atoms with E-state index >= 15 is 0 Å². The predicted octanol–water partition coefficient (Wildman–Crippen LogP) is 4.65. The smallest absolute Gasteiger partial charge is 0.220 e. The lowest BCUT2D eigenvalue weighted by Crippen LogP contribution is -2.08. The van der Waals surface area contributed by atoms with Gasteiger partial charge in [0, 0.05) is 5.88 Å². The molecule has 1 unspecified atom stereocenters. The van der Waals surface area contributed by atoms with Crippen LogP contribution in [-0.4, -0.2) is 12.5 Å². The van der Waals surface area contributed by atoms with Crippen molar-refractivity contribution in [2.24, 2.45) is 4.99 Å². The Kier molecular flexibility index (Phi) is 4.44. The molecular formula is C18H17ClFNO. The van der Waals surface area contributed by atoms with E-state index in [0.717, 1.165) is 23.1 Å². The maximum Gasteiger partial charge on any atom is 0.220 e. The van der Waals surface area contributed by atoms with Gasteiger partial charge < -0.3 is 4.74 Å². The molecule has 4 heteroatoms. The third-order valence-electron chi connectivity index (χ3n) is 3.86. The Morgan fingerprint density at radius 3 is 2.68 bits per heavy atom. The van der Waals surface area contributed by atoms with Crippen molar-refractivity contribution in [3.8, 4) is 0 Å². The first-order valence-corrected chi connectivity index (χ1v) is 7.89. The van der Waals surface area contributed by atoms with Crippen LogP contribution in [0.2, 0.25) is 0 Å². The molecular weight excluding hydrogens is 301 g/mol. The highest BCUT2D eigenvalue weighted by molar-refractivity contribution is 6.17. The molecule has 22 heavy (non-hydrogen) atoms. The van der Waals surface area contributed by atoms with Gasteiger partial charge in [-0.3, -0.25) is 0 Å². The molecule has 0 amide bonds. The maximum atomic E-state index is 14.1. The number of nitrogens with zero attached hydrogens (tertiary/aromatic N) is 1. The van der Waals surface area contributed by atoms with Crippen LogP contribution in [0, 0.1) is 5.82 Å². The molecule has 0 aliphatic carbocycles. The van der Waals surface area contributed by atoms with Crippen molar-refractivity contribution < 1.29 is 9.13 Å². The van der Waals surface area contributed by atoms with Crippen LogP contribution in [0.15, 0.2) is 47.5 Å². The van der Waals surface area contributed by atoms with Gasteiger partial charge in [0.05, 0.1) is 5.56 Å². The number of hydrogen-bond acceptors (Lipinski definition) is 2. The minimum absolute atomic E-state index is 0.0938. The van der Waals surface area contributed by atoms with E-state index in [2.05, 4.69) is 4.99 Å². The Bertz CT molecular complexity index is 697. The van der Waals surface area contributed by atoms with Gasteiger partial charge >= 0.3 is 0 Å². The van der Waals surface area contributed by atoms with Crippen molar-refractivity contribution in [1.82, 2.24) is 0 Å². The molecule has 1 aliphatic rings. The van der Waals surface area contributed by atoms with E-state index < -0.39 is 0 Å². The van der Waals surface area contributed by atoms with Crippen molar-refractivity contribution >= 4 is 17.5 Å². The van der Waals surface area contributed by atoms with Crippen molar-refractivity contribution in [2.75, 3.05) is 6.61 Å². The minimum atomic E-state index is -0.281. The fourth-order valence-corrected chi connectivity index (χ4v) is 2.79. The van der Waals surface area contributed by atoms with E-state index in [1.165, 1.54) is 6.07 Å². The normalized spacial score (nSPS) is 17.2. The number of aliphatic imine (C=N–C) groups is 1. The van der Waals surface area contributed by atoms with Crippen LogP contribution in [-0.2, 0) is 17.0 Å². The second kappa shape index (κ2) is 6.49. The van der Waals surface area contributed by atoms with E-state index in [-0.39, 0.29) is 11.9 Å². The highest BCUT2D eigenvalue weighted by atomic mass is 35.5. The molecule has 0 radical (unpaired) electrons. The van der Waals surface area contributed by atoms with Crippen LogP contribution >= 0.6 is 11.6 Å². The molecule has 0 saturated carbocycles. The molecule has 0 N–H and O–H groups in total. The highest BCUT2D eigenvalue weighted by Crippen LogP contribution is 2.28. The van der Waals surface area contributed by atoms with Crippen molar-refractivity contribution in [3.05, 3.63) is 70.5 Å². The first kappa shape index (κ1) is 15.0. The third kappa shape index (κ3) is 2.86. The van der Waals surface area contributed by atoms with Crippen LogP contribution in [0.3, 0.4) is 0 Å². The fourth-order valence-electron chi connectivity index (χ4n) is 2.61. The van der Waals surface area contributed by atoms with Gasteiger partial charge in [-0.25, -0.2) is 9.38 Å². The van der Waals surface area contributed by atoms with Crippen molar-refractivity contribution in [3.63, 3.8) is 0 Å². The number of aryl methyl sites for hydroxylation is 1. The number of rotatable bonds is 4. The average molecular weight is 318 g/mol. The van der Waals surface area contributed by atoms with Crippen LogP contribution in [0.25, 0.3) is 0 Å². The first-order chi connectivity index (χ1) is 10.7. The van der Waals surface area contributed by atoms with Gasteiger partial charge in [-0.1, -0.05) is 43.3 Å². The SMILES string of the molecule is CCc1cccc(F)c1C1=NC(c2ccc(CCl)cc2)CO1. The van der Waals surface area contributed by atoms with E-state index in [1.807, 2.05) is 37.3 Å². The molecule has 0 bridgehead atoms. The van der Waals surface area contributed by atoms with E-state index in [4.69, 9.17) is 16.3 Å². The number of ether oxygens (including phenoxy) is 1. The Labute approximate surface area is 134 Å². The molecule has 2 aromatic rings. The number of halogens is 2. The second-order valence-corrected chi connectivity index (χ2v) is 5.53. The Hall–Kier alpha value is -1.87. The fraction of sp³-hybridized carbons (Fsp3) is 0.278. The van der Waals surface area contributed by atoms with Crippen molar-refractivity contribution in [1.29, 1.82) is 0 Å². The Morgan fingerprint density at radius 1 is 1.23 bits per heavy atom. The van der Waals surface area contributed by atoms with Crippen LogP contribution < -0.4 is 0 Å². The molecule has 0 aromatic heterocycles. The third-order valence-corrected chi connectivity index (χ3v) is 4.17. The molecule has 0 saturated heterocycles.